The number of aryl methyl sites for hydroxylation is 1. The Hall–Kier alpha value is -1.61. The molecular weight excluding hydrogens is 396 g/mol. The molecule has 0 spiro atoms. The number of nitrogens with zero attached hydrogens (tertiary/aromatic N) is 2. The van der Waals surface area contributed by atoms with E-state index in [1.54, 1.807) is 17.0 Å². The molecule has 0 saturated carbocycles. The molecule has 0 radical (unpaired) electrons. The van der Waals surface area contributed by atoms with Crippen LogP contribution in [0.15, 0.2) is 40.6 Å². The van der Waals surface area contributed by atoms with Crippen molar-refractivity contribution in [1.82, 2.24) is 9.21 Å². The minimum Gasteiger partial charge on any atom is -0.484 e. The fourth-order valence-corrected chi connectivity index (χ4v) is 5.74. The minimum atomic E-state index is -3.55. The van der Waals surface area contributed by atoms with Gasteiger partial charge < -0.3 is 9.64 Å². The van der Waals surface area contributed by atoms with Gasteiger partial charge in [-0.05, 0) is 36.8 Å². The van der Waals surface area contributed by atoms with Gasteiger partial charge in [-0.2, -0.15) is 4.31 Å². The summed E-state index contributed by atoms with van der Waals surface area (Å²) in [6.45, 7) is 3.09. The Bertz CT molecular complexity index is 890. The lowest BCUT2D eigenvalue weighted by Crippen LogP contribution is -2.51. The fourth-order valence-electron chi connectivity index (χ4n) is 2.68. The number of rotatable bonds is 5. The van der Waals surface area contributed by atoms with E-state index in [0.29, 0.717) is 23.2 Å². The summed E-state index contributed by atoms with van der Waals surface area (Å²) in [6.07, 6.45) is 0. The van der Waals surface area contributed by atoms with Gasteiger partial charge in [0, 0.05) is 26.2 Å². The van der Waals surface area contributed by atoms with Crippen molar-refractivity contribution in [3.63, 3.8) is 0 Å². The van der Waals surface area contributed by atoms with E-state index in [1.165, 1.54) is 10.4 Å². The Labute approximate surface area is 162 Å². The lowest BCUT2D eigenvalue weighted by atomic mass is 10.2. The zero-order chi connectivity index (χ0) is 18.7. The van der Waals surface area contributed by atoms with Crippen LogP contribution in [0.2, 0.25) is 4.34 Å². The average Bonchev–Trinajstić information content (AvgIpc) is 3.07. The number of sulfonamides is 1. The Morgan fingerprint density at radius 1 is 1.19 bits per heavy atom. The molecule has 1 saturated heterocycles. The van der Waals surface area contributed by atoms with Crippen molar-refractivity contribution in [2.45, 2.75) is 11.1 Å². The highest BCUT2D eigenvalue weighted by atomic mass is 35.5. The molecule has 6 nitrogen and oxygen atoms in total. The molecule has 2 aromatic rings. The van der Waals surface area contributed by atoms with Gasteiger partial charge in [-0.3, -0.25) is 4.79 Å². The van der Waals surface area contributed by atoms with Crippen molar-refractivity contribution in [2.24, 2.45) is 0 Å². The summed E-state index contributed by atoms with van der Waals surface area (Å²) in [4.78, 5) is 13.9. The van der Waals surface area contributed by atoms with Crippen LogP contribution in [-0.2, 0) is 14.8 Å². The maximum absolute atomic E-state index is 12.6. The number of halogens is 1. The summed E-state index contributed by atoms with van der Waals surface area (Å²) in [5.41, 5.74) is 1.06. The molecule has 0 unspecified atom stereocenters. The molecule has 1 amide bonds. The first-order valence-electron chi connectivity index (χ1n) is 8.09. The number of thiophene rings is 1. The van der Waals surface area contributed by atoms with Crippen LogP contribution in [0, 0.1) is 6.92 Å². The van der Waals surface area contributed by atoms with Crippen LogP contribution >= 0.6 is 22.9 Å². The highest BCUT2D eigenvalue weighted by molar-refractivity contribution is 7.91. The molecule has 1 fully saturated rings. The summed E-state index contributed by atoms with van der Waals surface area (Å²) >= 11 is 6.87. The van der Waals surface area contributed by atoms with E-state index in [2.05, 4.69) is 0 Å². The number of piperazine rings is 1. The van der Waals surface area contributed by atoms with Gasteiger partial charge in [0.25, 0.3) is 15.9 Å². The maximum Gasteiger partial charge on any atom is 0.260 e. The van der Waals surface area contributed by atoms with Crippen LogP contribution in [0.3, 0.4) is 0 Å². The molecule has 0 aliphatic carbocycles. The lowest BCUT2D eigenvalue weighted by molar-refractivity contribution is -0.134. The monoisotopic (exact) mass is 414 g/mol. The Kier molecular flexibility index (Phi) is 5.86. The standard InChI is InChI=1S/C17H19ClN2O4S2/c1-13-3-2-4-14(11-13)24-12-16(21)19-7-9-20(10-8-19)26(22,23)17-6-5-15(18)25-17/h2-6,11H,7-10,12H2,1H3. The second-order valence-corrected chi connectivity index (χ2v) is 9.83. The summed E-state index contributed by atoms with van der Waals surface area (Å²) < 4.78 is 32.7. The molecule has 0 bridgehead atoms. The third kappa shape index (κ3) is 4.37. The second-order valence-electron chi connectivity index (χ2n) is 5.95. The molecule has 1 aliphatic heterocycles. The molecule has 1 aliphatic rings. The van der Waals surface area contributed by atoms with E-state index < -0.39 is 10.0 Å². The fraction of sp³-hybridized carbons (Fsp3) is 0.353. The van der Waals surface area contributed by atoms with Gasteiger partial charge in [-0.1, -0.05) is 23.7 Å². The predicted octanol–water partition coefficient (Wildman–Crippen LogP) is 2.62. The first kappa shape index (κ1) is 19.2. The predicted molar refractivity (Wildman–Crippen MR) is 101 cm³/mol. The maximum atomic E-state index is 12.6. The molecular formula is C17H19ClN2O4S2. The summed E-state index contributed by atoms with van der Waals surface area (Å²) in [5.74, 6) is 0.497. The van der Waals surface area contributed by atoms with Gasteiger partial charge in [-0.25, -0.2) is 8.42 Å². The summed E-state index contributed by atoms with van der Waals surface area (Å²) in [5, 5.41) is 0. The van der Waals surface area contributed by atoms with Crippen molar-refractivity contribution in [2.75, 3.05) is 32.8 Å². The number of hydrogen-bond donors (Lipinski definition) is 0. The SMILES string of the molecule is Cc1cccc(OCC(=O)N2CCN(S(=O)(=O)c3ccc(Cl)s3)CC2)c1. The molecule has 3 rings (SSSR count). The quantitative estimate of drug-likeness (QED) is 0.754. The van der Waals surface area contributed by atoms with Crippen LogP contribution < -0.4 is 4.74 Å². The van der Waals surface area contributed by atoms with Gasteiger partial charge in [0.2, 0.25) is 0 Å². The smallest absolute Gasteiger partial charge is 0.260 e. The summed E-state index contributed by atoms with van der Waals surface area (Å²) in [7, 11) is -3.55. The normalized spacial score (nSPS) is 15.8. The zero-order valence-electron chi connectivity index (χ0n) is 14.2. The van der Waals surface area contributed by atoms with Crippen molar-refractivity contribution in [1.29, 1.82) is 0 Å². The molecule has 9 heteroatoms. The van der Waals surface area contributed by atoms with Crippen LogP contribution in [0.1, 0.15) is 5.56 Å². The summed E-state index contributed by atoms with van der Waals surface area (Å²) in [6, 6.07) is 10.6. The molecule has 2 heterocycles. The number of amides is 1. The van der Waals surface area contributed by atoms with Crippen LogP contribution in [0.4, 0.5) is 0 Å². The largest absolute Gasteiger partial charge is 0.484 e. The van der Waals surface area contributed by atoms with Crippen molar-refractivity contribution in [3.8, 4) is 5.75 Å². The van der Waals surface area contributed by atoms with E-state index in [-0.39, 0.29) is 29.8 Å². The minimum absolute atomic E-state index is 0.0588. The van der Waals surface area contributed by atoms with Gasteiger partial charge in [0.05, 0.1) is 4.34 Å². The average molecular weight is 415 g/mol. The van der Waals surface area contributed by atoms with E-state index in [0.717, 1.165) is 16.9 Å². The Morgan fingerprint density at radius 3 is 2.54 bits per heavy atom. The topological polar surface area (TPSA) is 66.9 Å². The molecule has 1 aromatic carbocycles. The molecule has 0 N–H and O–H groups in total. The van der Waals surface area contributed by atoms with Crippen LogP contribution in [0.25, 0.3) is 0 Å². The number of carbonyl (C=O) groups excluding carboxylic acids is 1. The zero-order valence-corrected chi connectivity index (χ0v) is 16.6. The van der Waals surface area contributed by atoms with E-state index in [9.17, 15) is 13.2 Å². The van der Waals surface area contributed by atoms with Gasteiger partial charge in [0.1, 0.15) is 9.96 Å². The highest BCUT2D eigenvalue weighted by Gasteiger charge is 2.31. The first-order chi connectivity index (χ1) is 12.4. The van der Waals surface area contributed by atoms with E-state index in [4.69, 9.17) is 16.3 Å². The molecule has 0 atom stereocenters. The van der Waals surface area contributed by atoms with E-state index >= 15 is 0 Å². The number of carbonyl (C=O) groups is 1. The van der Waals surface area contributed by atoms with E-state index in [1.807, 2.05) is 25.1 Å². The first-order valence-corrected chi connectivity index (χ1v) is 10.7. The van der Waals surface area contributed by atoms with Gasteiger partial charge in [-0.15, -0.1) is 11.3 Å². The third-order valence-electron chi connectivity index (χ3n) is 4.09. The van der Waals surface area contributed by atoms with Crippen molar-refractivity contribution < 1.29 is 17.9 Å². The molecule has 26 heavy (non-hydrogen) atoms. The van der Waals surface area contributed by atoms with Gasteiger partial charge in [0.15, 0.2) is 6.61 Å². The van der Waals surface area contributed by atoms with Crippen LogP contribution in [0.5, 0.6) is 5.75 Å². The number of ether oxygens (including phenoxy) is 1. The third-order valence-corrected chi connectivity index (χ3v) is 7.68. The number of hydrogen-bond acceptors (Lipinski definition) is 5. The molecule has 140 valence electrons. The lowest BCUT2D eigenvalue weighted by Gasteiger charge is -2.33. The Balaban J connectivity index is 1.54. The number of benzene rings is 1. The second kappa shape index (κ2) is 7.96. The van der Waals surface area contributed by atoms with Crippen LogP contribution in [-0.4, -0.2) is 56.3 Å². The highest BCUT2D eigenvalue weighted by Crippen LogP contribution is 2.28. The van der Waals surface area contributed by atoms with Crippen molar-refractivity contribution >= 4 is 38.9 Å². The Morgan fingerprint density at radius 2 is 1.92 bits per heavy atom. The van der Waals surface area contributed by atoms with Crippen molar-refractivity contribution in [3.05, 3.63) is 46.3 Å². The molecule has 1 aromatic heterocycles. The van der Waals surface area contributed by atoms with Gasteiger partial charge >= 0.3 is 0 Å².